The summed E-state index contributed by atoms with van der Waals surface area (Å²) in [4.78, 5) is 11.8. The maximum absolute atomic E-state index is 11.8. The lowest BCUT2D eigenvalue weighted by molar-refractivity contribution is 0.0556. The second-order valence-corrected chi connectivity index (χ2v) is 5.90. The van der Waals surface area contributed by atoms with Gasteiger partial charge in [-0.2, -0.15) is 0 Å². The molecule has 0 amide bonds. The van der Waals surface area contributed by atoms with Gasteiger partial charge in [0.15, 0.2) is 6.61 Å². The molecule has 0 saturated carbocycles. The van der Waals surface area contributed by atoms with Gasteiger partial charge in [0.1, 0.15) is 6.10 Å². The summed E-state index contributed by atoms with van der Waals surface area (Å²) < 4.78 is 5.10. The van der Waals surface area contributed by atoms with Crippen LogP contribution in [0.1, 0.15) is 29.8 Å². The summed E-state index contributed by atoms with van der Waals surface area (Å²) in [7, 11) is 0. The van der Waals surface area contributed by atoms with Gasteiger partial charge in [-0.15, -0.1) is 0 Å². The van der Waals surface area contributed by atoms with Crippen molar-refractivity contribution < 1.29 is 14.6 Å². The number of ether oxygens (including phenoxy) is 1. The molecule has 3 nitrogen and oxygen atoms in total. The van der Waals surface area contributed by atoms with Gasteiger partial charge in [0.05, 0.1) is 5.56 Å². The van der Waals surface area contributed by atoms with Gasteiger partial charge in [-0.3, -0.25) is 0 Å². The van der Waals surface area contributed by atoms with Crippen molar-refractivity contribution in [1.82, 2.24) is 0 Å². The van der Waals surface area contributed by atoms with E-state index in [1.165, 1.54) is 0 Å². The first kappa shape index (κ1) is 18.5. The molecule has 0 aliphatic rings. The molecule has 0 fully saturated rings. The maximum Gasteiger partial charge on any atom is 0.339 e. The number of rotatable bonds is 5. The molecule has 2 rings (SSSR count). The Hall–Kier alpha value is -2.83. The van der Waals surface area contributed by atoms with E-state index in [0.29, 0.717) is 5.56 Å². The number of aliphatic hydroxyl groups excluding tert-OH is 1. The molecule has 0 aromatic heterocycles. The monoisotopic (exact) mass is 334 g/mol. The summed E-state index contributed by atoms with van der Waals surface area (Å²) in [5, 5.41) is 10.4. The molecule has 0 bridgehead atoms. The number of carbonyl (C=O) groups is 1. The third-order valence-corrected chi connectivity index (χ3v) is 3.44. The van der Waals surface area contributed by atoms with Gasteiger partial charge in [0.25, 0.3) is 0 Å². The molecule has 0 unspecified atom stereocenters. The number of benzene rings is 2. The first-order chi connectivity index (χ1) is 12.1. The van der Waals surface area contributed by atoms with Crippen molar-refractivity contribution >= 4 is 11.5 Å². The van der Waals surface area contributed by atoms with Crippen molar-refractivity contribution in [2.75, 3.05) is 6.61 Å². The Morgan fingerprint density at radius 2 is 1.60 bits per heavy atom. The molecule has 0 saturated heterocycles. The van der Waals surface area contributed by atoms with E-state index in [0.717, 1.165) is 11.1 Å². The van der Waals surface area contributed by atoms with E-state index in [9.17, 15) is 9.90 Å². The highest BCUT2D eigenvalue weighted by atomic mass is 16.5. The van der Waals surface area contributed by atoms with Crippen molar-refractivity contribution in [1.29, 1.82) is 0 Å². The second kappa shape index (κ2) is 9.46. The lowest BCUT2D eigenvalue weighted by Gasteiger charge is -2.12. The molecule has 128 valence electrons. The zero-order valence-corrected chi connectivity index (χ0v) is 14.5. The fourth-order valence-corrected chi connectivity index (χ4v) is 2.31. The molecule has 0 radical (unpaired) electrons. The highest BCUT2D eigenvalue weighted by molar-refractivity contribution is 5.89. The summed E-state index contributed by atoms with van der Waals surface area (Å²) in [5.41, 5.74) is 2.17. The maximum atomic E-state index is 11.8. The van der Waals surface area contributed by atoms with Gasteiger partial charge in [-0.05, 0) is 29.2 Å². The highest BCUT2D eigenvalue weighted by Crippen LogP contribution is 2.20. The smallest absolute Gasteiger partial charge is 0.339 e. The van der Waals surface area contributed by atoms with Gasteiger partial charge in [-0.1, -0.05) is 80.3 Å². The third kappa shape index (κ3) is 5.95. The standard InChI is InChI=1S/C22H22O3/c1-17(2)16-20(18-10-5-3-6-11-18)21(23)14-9-15-25-22(24)19-12-7-4-8-13-19/h3-8,10-13,16-17,21,23H,15H2,1-2H3/b20-16+/t21-/m1/s1. The predicted molar refractivity (Wildman–Crippen MR) is 99.8 cm³/mol. The van der Waals surface area contributed by atoms with Gasteiger partial charge < -0.3 is 9.84 Å². The predicted octanol–water partition coefficient (Wildman–Crippen LogP) is 3.95. The zero-order valence-electron chi connectivity index (χ0n) is 14.5. The lowest BCUT2D eigenvalue weighted by atomic mass is 9.97. The topological polar surface area (TPSA) is 46.5 Å². The van der Waals surface area contributed by atoms with Crippen molar-refractivity contribution in [3.05, 3.63) is 77.9 Å². The molecule has 0 aliphatic heterocycles. The number of allylic oxidation sites excluding steroid dienone is 1. The molecule has 2 aromatic carbocycles. The van der Waals surface area contributed by atoms with Crippen molar-refractivity contribution in [2.24, 2.45) is 5.92 Å². The Labute approximate surface area is 149 Å². The van der Waals surface area contributed by atoms with Crippen molar-refractivity contribution in [2.45, 2.75) is 20.0 Å². The Morgan fingerprint density at radius 1 is 1.04 bits per heavy atom. The van der Waals surface area contributed by atoms with Gasteiger partial charge >= 0.3 is 5.97 Å². The van der Waals surface area contributed by atoms with Crippen LogP contribution in [-0.2, 0) is 4.74 Å². The first-order valence-corrected chi connectivity index (χ1v) is 8.23. The fourth-order valence-electron chi connectivity index (χ4n) is 2.31. The molecule has 0 aliphatic carbocycles. The Balaban J connectivity index is 2.01. The van der Waals surface area contributed by atoms with Gasteiger partial charge in [-0.25, -0.2) is 4.79 Å². The summed E-state index contributed by atoms with van der Waals surface area (Å²) in [6.07, 6.45) is 1.06. The zero-order chi connectivity index (χ0) is 18.1. The van der Waals surface area contributed by atoms with Crippen LogP contribution in [0.25, 0.3) is 5.57 Å². The van der Waals surface area contributed by atoms with Crippen molar-refractivity contribution in [3.8, 4) is 11.8 Å². The second-order valence-electron chi connectivity index (χ2n) is 5.90. The molecule has 2 aromatic rings. The molecular formula is C22H22O3. The summed E-state index contributed by atoms with van der Waals surface area (Å²) in [6.45, 7) is 4.03. The molecule has 0 heterocycles. The van der Waals surface area contributed by atoms with E-state index in [1.807, 2.05) is 56.3 Å². The highest BCUT2D eigenvalue weighted by Gasteiger charge is 2.11. The van der Waals surface area contributed by atoms with Crippen LogP contribution >= 0.6 is 0 Å². The van der Waals surface area contributed by atoms with E-state index in [4.69, 9.17) is 4.74 Å². The Morgan fingerprint density at radius 3 is 2.16 bits per heavy atom. The van der Waals surface area contributed by atoms with Crippen LogP contribution in [0.5, 0.6) is 0 Å². The van der Waals surface area contributed by atoms with E-state index in [1.54, 1.807) is 24.3 Å². The van der Waals surface area contributed by atoms with Gasteiger partial charge in [0, 0.05) is 0 Å². The van der Waals surface area contributed by atoms with Crippen molar-refractivity contribution in [3.63, 3.8) is 0 Å². The Bertz CT molecular complexity index is 765. The van der Waals surface area contributed by atoms with Crippen LogP contribution in [0.3, 0.4) is 0 Å². The SMILES string of the molecule is CC(C)/C=C(\c1ccccc1)[C@H](O)C#CCOC(=O)c1ccccc1. The minimum atomic E-state index is -0.930. The number of carbonyl (C=O) groups excluding carboxylic acids is 1. The summed E-state index contributed by atoms with van der Waals surface area (Å²) in [5.74, 6) is 5.33. The molecular weight excluding hydrogens is 312 g/mol. The van der Waals surface area contributed by atoms with E-state index in [-0.39, 0.29) is 12.5 Å². The van der Waals surface area contributed by atoms with E-state index >= 15 is 0 Å². The Kier molecular flexibility index (Phi) is 7.00. The average Bonchev–Trinajstić information content (AvgIpc) is 2.64. The van der Waals surface area contributed by atoms with Gasteiger partial charge in [0.2, 0.25) is 0 Å². The third-order valence-electron chi connectivity index (χ3n) is 3.44. The summed E-state index contributed by atoms with van der Waals surface area (Å²) >= 11 is 0. The normalized spacial score (nSPS) is 12.2. The largest absolute Gasteiger partial charge is 0.449 e. The molecule has 0 spiro atoms. The van der Waals surface area contributed by atoms with Crippen LogP contribution < -0.4 is 0 Å². The fraction of sp³-hybridized carbons (Fsp3) is 0.227. The number of esters is 1. The summed E-state index contributed by atoms with van der Waals surface area (Å²) in [6, 6.07) is 18.4. The van der Waals surface area contributed by atoms with Crippen LogP contribution in [0.2, 0.25) is 0 Å². The minimum Gasteiger partial charge on any atom is -0.449 e. The van der Waals surface area contributed by atoms with Crippen LogP contribution in [0.4, 0.5) is 0 Å². The first-order valence-electron chi connectivity index (χ1n) is 8.23. The molecule has 25 heavy (non-hydrogen) atoms. The van der Waals surface area contributed by atoms with Crippen LogP contribution in [0.15, 0.2) is 66.7 Å². The van der Waals surface area contributed by atoms with Crippen LogP contribution in [-0.4, -0.2) is 23.8 Å². The average molecular weight is 334 g/mol. The van der Waals surface area contributed by atoms with E-state index in [2.05, 4.69) is 11.8 Å². The quantitative estimate of drug-likeness (QED) is 0.665. The minimum absolute atomic E-state index is 0.0610. The molecule has 1 atom stereocenters. The number of hydrogen-bond acceptors (Lipinski definition) is 3. The lowest BCUT2D eigenvalue weighted by Crippen LogP contribution is -2.09. The number of hydrogen-bond donors (Lipinski definition) is 1. The molecule has 1 N–H and O–H groups in total. The van der Waals surface area contributed by atoms with Crippen LogP contribution in [0, 0.1) is 17.8 Å². The molecule has 3 heteroatoms. The van der Waals surface area contributed by atoms with E-state index < -0.39 is 12.1 Å². The number of aliphatic hydroxyl groups is 1.